The molecule has 0 aliphatic rings. The molecule has 0 aromatic heterocycles. The number of nitrogens with one attached hydrogen (secondary N) is 1. The highest BCUT2D eigenvalue weighted by molar-refractivity contribution is 7.93. The molecular formula is C23H39N5O7S. The smallest absolute Gasteiger partial charge is 0.441 e. The normalized spacial score (nSPS) is 14.6. The monoisotopic (exact) mass is 529 g/mol. The number of alkyl carbamates (subject to hydrolysis) is 1. The second-order valence-electron chi connectivity index (χ2n) is 8.47. The van der Waals surface area contributed by atoms with Crippen molar-refractivity contribution in [3.63, 3.8) is 0 Å². The van der Waals surface area contributed by atoms with E-state index in [1.54, 1.807) is 39.8 Å². The molecule has 0 spiro atoms. The number of ether oxygens (including phenoxy) is 3. The molecule has 0 saturated carbocycles. The van der Waals surface area contributed by atoms with Crippen molar-refractivity contribution in [2.45, 2.75) is 46.1 Å². The number of carbonyl (C=O) groups excluding carboxylic acids is 3. The number of amides is 3. The van der Waals surface area contributed by atoms with Crippen molar-refractivity contribution in [2.24, 2.45) is 21.6 Å². The lowest BCUT2D eigenvalue weighted by Crippen LogP contribution is -2.32. The summed E-state index contributed by atoms with van der Waals surface area (Å²) >= 11 is 0. The molecule has 0 heterocycles. The van der Waals surface area contributed by atoms with E-state index >= 15 is 0 Å². The van der Waals surface area contributed by atoms with Crippen LogP contribution in [0.3, 0.4) is 0 Å². The summed E-state index contributed by atoms with van der Waals surface area (Å²) in [6, 6.07) is 0. The van der Waals surface area contributed by atoms with Crippen LogP contribution < -0.4 is 22.5 Å². The largest absolute Gasteiger partial charge is 0.492 e. The number of nitrogens with zero attached hydrogens (tertiary/aromatic N) is 1. The zero-order valence-corrected chi connectivity index (χ0v) is 22.4. The highest BCUT2D eigenvalue weighted by Gasteiger charge is 2.15. The van der Waals surface area contributed by atoms with E-state index in [1.165, 1.54) is 18.4 Å². The molecule has 3 amide bonds. The predicted octanol–water partition coefficient (Wildman–Crippen LogP) is 2.17. The van der Waals surface area contributed by atoms with Gasteiger partial charge in [0.15, 0.2) is 0 Å². The summed E-state index contributed by atoms with van der Waals surface area (Å²) in [5, 5.41) is 2.58. The van der Waals surface area contributed by atoms with E-state index in [2.05, 4.69) is 14.4 Å². The topological polar surface area (TPSA) is 198 Å². The van der Waals surface area contributed by atoms with Gasteiger partial charge < -0.3 is 36.7 Å². The zero-order valence-electron chi connectivity index (χ0n) is 21.6. The molecule has 0 rings (SSSR count). The Labute approximate surface area is 213 Å². The average Bonchev–Trinajstić information content (AvgIpc) is 2.73. The van der Waals surface area contributed by atoms with Gasteiger partial charge in [0.2, 0.25) is 5.91 Å². The molecule has 204 valence electrons. The molecule has 7 N–H and O–H groups in total. The van der Waals surface area contributed by atoms with Crippen LogP contribution in [0, 0.1) is 0 Å². The first kappa shape index (κ1) is 32.5. The number of primary amides is 1. The van der Waals surface area contributed by atoms with Gasteiger partial charge in [-0.1, -0.05) is 12.2 Å². The van der Waals surface area contributed by atoms with E-state index in [0.29, 0.717) is 12.1 Å². The summed E-state index contributed by atoms with van der Waals surface area (Å²) < 4.78 is 31.1. The second-order valence-corrected chi connectivity index (χ2v) is 11.0. The maximum absolute atomic E-state index is 12.3. The summed E-state index contributed by atoms with van der Waals surface area (Å²) in [6.45, 7) is 7.40. The minimum Gasteiger partial charge on any atom is -0.492 e. The number of nitrogens with two attached hydrogens (primary N) is 3. The van der Waals surface area contributed by atoms with E-state index in [4.69, 9.17) is 26.7 Å². The Hall–Kier alpha value is -3.48. The van der Waals surface area contributed by atoms with Gasteiger partial charge in [0.25, 0.3) is 0 Å². The quantitative estimate of drug-likeness (QED) is 0.0907. The lowest BCUT2D eigenvalue weighted by atomic mass is 10.1. The lowest BCUT2D eigenvalue weighted by Gasteiger charge is -2.19. The van der Waals surface area contributed by atoms with Crippen molar-refractivity contribution < 1.29 is 32.8 Å². The van der Waals surface area contributed by atoms with Crippen LogP contribution in [0.4, 0.5) is 9.59 Å². The average molecular weight is 530 g/mol. The molecule has 1 atom stereocenters. The summed E-state index contributed by atoms with van der Waals surface area (Å²) in [5.74, 6) is -0.506. The zero-order chi connectivity index (χ0) is 27.8. The van der Waals surface area contributed by atoms with Gasteiger partial charge in [0, 0.05) is 42.4 Å². The molecular weight excluding hydrogens is 490 g/mol. The summed E-state index contributed by atoms with van der Waals surface area (Å²) in [5.41, 5.74) is 16.8. The highest BCUT2D eigenvalue weighted by atomic mass is 32.2. The lowest BCUT2D eigenvalue weighted by molar-refractivity contribution is -0.114. The third-order valence-electron chi connectivity index (χ3n) is 3.84. The van der Waals surface area contributed by atoms with Crippen LogP contribution in [-0.2, 0) is 28.7 Å². The second kappa shape index (κ2) is 16.2. The van der Waals surface area contributed by atoms with E-state index in [0.717, 1.165) is 6.20 Å². The third-order valence-corrected chi connectivity index (χ3v) is 5.42. The Balaban J connectivity index is 4.90. The van der Waals surface area contributed by atoms with Gasteiger partial charge in [0.1, 0.15) is 11.4 Å². The molecule has 13 heteroatoms. The highest BCUT2D eigenvalue weighted by Crippen LogP contribution is 2.10. The van der Waals surface area contributed by atoms with Crippen LogP contribution in [0.5, 0.6) is 0 Å². The SMILES string of the molecule is CCOC(=O)N=S(C)(=O)CCCOC(=C\N)/C=C(\C=C(\N)C/C=C/CNC(=O)OC(C)(C)C)C(N)=O. The maximum Gasteiger partial charge on any atom is 0.441 e. The molecule has 1 unspecified atom stereocenters. The van der Waals surface area contributed by atoms with E-state index in [1.807, 2.05) is 0 Å². The number of rotatable bonds is 13. The van der Waals surface area contributed by atoms with Gasteiger partial charge >= 0.3 is 12.2 Å². The Morgan fingerprint density at radius 3 is 2.31 bits per heavy atom. The maximum atomic E-state index is 12.3. The number of carbonyl (C=O) groups is 3. The Bertz CT molecular complexity index is 1000. The van der Waals surface area contributed by atoms with E-state index in [-0.39, 0.29) is 43.3 Å². The van der Waals surface area contributed by atoms with E-state index < -0.39 is 33.4 Å². The predicted molar refractivity (Wildman–Crippen MR) is 139 cm³/mol. The first-order valence-corrected chi connectivity index (χ1v) is 13.3. The Morgan fingerprint density at radius 1 is 1.08 bits per heavy atom. The van der Waals surface area contributed by atoms with Crippen molar-refractivity contribution in [1.82, 2.24) is 5.32 Å². The number of allylic oxidation sites excluding steroid dienone is 2. The molecule has 0 aromatic carbocycles. The standard InChI is InChI=1S/C23H39N5O7S/c1-6-33-22(31)28-36(5,32)13-9-12-34-19(16-24)15-17(20(26)29)14-18(25)10-7-8-11-27-21(30)35-23(2,3)4/h7-8,14-16H,6,9-13,24-25H2,1-5H3,(H2,26,29)(H,27,30)/b8-7+,17-15+,18-14+,19-16-. The van der Waals surface area contributed by atoms with Crippen molar-refractivity contribution in [1.29, 1.82) is 0 Å². The van der Waals surface area contributed by atoms with Gasteiger partial charge in [-0.25, -0.2) is 13.8 Å². The van der Waals surface area contributed by atoms with Crippen LogP contribution in [0.2, 0.25) is 0 Å². The summed E-state index contributed by atoms with van der Waals surface area (Å²) in [4.78, 5) is 34.8. The summed E-state index contributed by atoms with van der Waals surface area (Å²) in [6.07, 6.45) is 7.78. The van der Waals surface area contributed by atoms with Crippen LogP contribution in [0.1, 0.15) is 40.5 Å². The summed E-state index contributed by atoms with van der Waals surface area (Å²) in [7, 11) is -2.77. The van der Waals surface area contributed by atoms with Gasteiger partial charge in [-0.15, -0.1) is 4.36 Å². The molecule has 36 heavy (non-hydrogen) atoms. The molecule has 0 aliphatic heterocycles. The minimum atomic E-state index is -2.77. The van der Waals surface area contributed by atoms with Crippen molar-refractivity contribution in [3.8, 4) is 0 Å². The van der Waals surface area contributed by atoms with E-state index in [9.17, 15) is 18.6 Å². The number of hydrogen-bond donors (Lipinski definition) is 4. The Kier molecular flexibility index (Phi) is 14.7. The molecule has 0 radical (unpaired) electrons. The molecule has 0 saturated heterocycles. The molecule has 0 bridgehead atoms. The van der Waals surface area contributed by atoms with Crippen molar-refractivity contribution in [3.05, 3.63) is 47.5 Å². The molecule has 0 aliphatic carbocycles. The first-order chi connectivity index (χ1) is 16.7. The van der Waals surface area contributed by atoms with Crippen LogP contribution >= 0.6 is 0 Å². The minimum absolute atomic E-state index is 0.0566. The third kappa shape index (κ3) is 17.0. The van der Waals surface area contributed by atoms with Gasteiger partial charge in [-0.2, -0.15) is 0 Å². The molecule has 12 nitrogen and oxygen atoms in total. The first-order valence-electron chi connectivity index (χ1n) is 11.2. The fourth-order valence-electron chi connectivity index (χ4n) is 2.36. The van der Waals surface area contributed by atoms with Gasteiger partial charge in [-0.3, -0.25) is 4.79 Å². The fraction of sp³-hybridized carbons (Fsp3) is 0.522. The van der Waals surface area contributed by atoms with Crippen molar-refractivity contribution in [2.75, 3.05) is 31.8 Å². The van der Waals surface area contributed by atoms with Crippen LogP contribution in [-0.4, -0.2) is 59.7 Å². The van der Waals surface area contributed by atoms with Crippen LogP contribution in [0.25, 0.3) is 0 Å². The molecule has 0 aromatic rings. The van der Waals surface area contributed by atoms with Crippen molar-refractivity contribution >= 4 is 27.8 Å². The van der Waals surface area contributed by atoms with Crippen LogP contribution in [0.15, 0.2) is 51.9 Å². The fourth-order valence-corrected chi connectivity index (χ4v) is 3.48. The number of hydrogen-bond acceptors (Lipinski definition) is 9. The van der Waals surface area contributed by atoms with Gasteiger partial charge in [-0.05, 0) is 46.3 Å². The molecule has 0 fully saturated rings. The Morgan fingerprint density at radius 2 is 1.75 bits per heavy atom. The van der Waals surface area contributed by atoms with Gasteiger partial charge in [0.05, 0.1) is 22.9 Å².